The van der Waals surface area contributed by atoms with E-state index in [0.717, 1.165) is 32.7 Å². The van der Waals surface area contributed by atoms with Crippen LogP contribution in [0.4, 0.5) is 0 Å². The van der Waals surface area contributed by atoms with Gasteiger partial charge in [-0.1, -0.05) is 170 Å². The molecular formula is C59H64O13S. The Morgan fingerprint density at radius 2 is 0.890 bits per heavy atom. The van der Waals surface area contributed by atoms with E-state index >= 15 is 0 Å². The molecule has 2 aliphatic rings. The Labute approximate surface area is 432 Å². The average Bonchev–Trinajstić information content (AvgIpc) is 3.43. The third kappa shape index (κ3) is 15.9. The third-order valence-corrected chi connectivity index (χ3v) is 13.4. The van der Waals surface area contributed by atoms with E-state index in [0.29, 0.717) is 5.75 Å². The number of thioether (sulfide) groups is 1. The molecule has 0 spiro atoms. The standard InChI is InChI=1S/C59H64O13S/c1-41(60)63-38-49-53(65-35-44-24-12-5-13-25-44)55(69-42(2)61)57(70-51(47-30-18-8-19-31-47)40-73-48-32-20-9-21-33-48)59(72-49)68-39-50-52(64-34-43-22-10-4-11-23-43)54(66-36-45-26-14-6-15-27-45)56(58(62-3)71-50)67-37-46-28-16-7-17-29-46/h4-33,49-59H,34-40H2,1-3H3/t49-,50-,51+,52-,53-,54+,55+,56-,57-,58+,59+/m1/s1. The predicted molar refractivity (Wildman–Crippen MR) is 274 cm³/mol. The molecule has 13 nitrogen and oxygen atoms in total. The van der Waals surface area contributed by atoms with E-state index < -0.39 is 79.5 Å². The lowest BCUT2D eigenvalue weighted by Crippen LogP contribution is -2.64. The molecule has 0 amide bonds. The summed E-state index contributed by atoms with van der Waals surface area (Å²) in [6, 6.07) is 59.0. The van der Waals surface area contributed by atoms with Gasteiger partial charge >= 0.3 is 11.9 Å². The first-order valence-electron chi connectivity index (χ1n) is 24.6. The van der Waals surface area contributed by atoms with Crippen LogP contribution >= 0.6 is 11.8 Å². The first-order valence-corrected chi connectivity index (χ1v) is 25.6. The molecule has 2 saturated heterocycles. The highest BCUT2D eigenvalue weighted by molar-refractivity contribution is 7.99. The smallest absolute Gasteiger partial charge is 0.303 e. The van der Waals surface area contributed by atoms with Crippen LogP contribution in [0.3, 0.4) is 0 Å². The summed E-state index contributed by atoms with van der Waals surface area (Å²) in [5.41, 5.74) is 4.59. The topological polar surface area (TPSA) is 136 Å². The summed E-state index contributed by atoms with van der Waals surface area (Å²) in [5.74, 6) is -0.642. The van der Waals surface area contributed by atoms with Crippen molar-refractivity contribution in [1.29, 1.82) is 0 Å². The van der Waals surface area contributed by atoms with Crippen molar-refractivity contribution < 1.29 is 61.7 Å². The zero-order valence-electron chi connectivity index (χ0n) is 41.3. The second-order valence-electron chi connectivity index (χ2n) is 17.7. The van der Waals surface area contributed by atoms with Gasteiger partial charge in [-0.25, -0.2) is 0 Å². The van der Waals surface area contributed by atoms with Crippen LogP contribution in [0.2, 0.25) is 0 Å². The summed E-state index contributed by atoms with van der Waals surface area (Å²) in [6.07, 6.45) is -10.2. The monoisotopic (exact) mass is 1010 g/mol. The number of carbonyl (C=O) groups is 2. The Hall–Kier alpha value is -5.75. The molecule has 2 heterocycles. The summed E-state index contributed by atoms with van der Waals surface area (Å²) >= 11 is 1.62. The number of methoxy groups -OCH3 is 1. The van der Waals surface area contributed by atoms with E-state index in [4.69, 9.17) is 52.1 Å². The van der Waals surface area contributed by atoms with Crippen LogP contribution in [0.1, 0.15) is 47.8 Å². The fourth-order valence-corrected chi connectivity index (χ4v) is 9.77. The maximum absolute atomic E-state index is 13.3. The van der Waals surface area contributed by atoms with Gasteiger partial charge in [0.1, 0.15) is 49.3 Å². The molecule has 2 aliphatic heterocycles. The van der Waals surface area contributed by atoms with Crippen molar-refractivity contribution in [3.8, 4) is 0 Å². The second-order valence-corrected chi connectivity index (χ2v) is 18.8. The van der Waals surface area contributed by atoms with Crippen LogP contribution in [0.25, 0.3) is 0 Å². The molecular weight excluding hydrogens is 949 g/mol. The first-order chi connectivity index (χ1) is 35.8. The van der Waals surface area contributed by atoms with Crippen molar-refractivity contribution in [2.24, 2.45) is 0 Å². The van der Waals surface area contributed by atoms with Crippen molar-refractivity contribution in [1.82, 2.24) is 0 Å². The fraction of sp³-hybridized carbons (Fsp3) is 0.356. The van der Waals surface area contributed by atoms with E-state index in [1.165, 1.54) is 13.8 Å². The molecule has 0 radical (unpaired) electrons. The molecule has 0 N–H and O–H groups in total. The van der Waals surface area contributed by atoms with Gasteiger partial charge in [0.25, 0.3) is 0 Å². The Bertz CT molecular complexity index is 2510. The van der Waals surface area contributed by atoms with Gasteiger partial charge in [-0.3, -0.25) is 9.59 Å². The van der Waals surface area contributed by atoms with Crippen molar-refractivity contribution in [3.63, 3.8) is 0 Å². The third-order valence-electron chi connectivity index (χ3n) is 12.4. The molecule has 6 aromatic carbocycles. The predicted octanol–water partition coefficient (Wildman–Crippen LogP) is 9.85. The summed E-state index contributed by atoms with van der Waals surface area (Å²) in [5, 5.41) is 0. The van der Waals surface area contributed by atoms with Gasteiger partial charge in [-0.05, 0) is 39.9 Å². The van der Waals surface area contributed by atoms with Crippen molar-refractivity contribution >= 4 is 23.7 Å². The van der Waals surface area contributed by atoms with Crippen molar-refractivity contribution in [3.05, 3.63) is 210 Å². The molecule has 2 fully saturated rings. The van der Waals surface area contributed by atoms with Crippen molar-refractivity contribution in [2.75, 3.05) is 26.1 Å². The minimum Gasteiger partial charge on any atom is -0.463 e. The van der Waals surface area contributed by atoms with Crippen molar-refractivity contribution in [2.45, 2.75) is 113 Å². The second kappa shape index (κ2) is 28.1. The quantitative estimate of drug-likeness (QED) is 0.0398. The summed E-state index contributed by atoms with van der Waals surface area (Å²) in [6.45, 7) is 3.08. The minimum absolute atomic E-state index is 0.125. The number of ether oxygens (including phenoxy) is 11. The number of rotatable bonds is 25. The summed E-state index contributed by atoms with van der Waals surface area (Å²) in [7, 11) is 1.56. The van der Waals surface area contributed by atoms with Gasteiger partial charge in [0, 0.05) is 31.6 Å². The molecule has 73 heavy (non-hydrogen) atoms. The van der Waals surface area contributed by atoms with Crippen LogP contribution in [0.15, 0.2) is 187 Å². The van der Waals surface area contributed by atoms with Crippen LogP contribution in [-0.4, -0.2) is 99.4 Å². The maximum Gasteiger partial charge on any atom is 0.303 e. The number of benzene rings is 6. The molecule has 384 valence electrons. The van der Waals surface area contributed by atoms with Crippen LogP contribution in [-0.2, 0) is 88.1 Å². The molecule has 0 bridgehead atoms. The number of carbonyl (C=O) groups excluding carboxylic acids is 2. The lowest BCUT2D eigenvalue weighted by atomic mass is 9.96. The Morgan fingerprint density at radius 1 is 0.466 bits per heavy atom. The van der Waals surface area contributed by atoms with Gasteiger partial charge in [0.05, 0.1) is 39.1 Å². The zero-order valence-corrected chi connectivity index (χ0v) is 42.2. The largest absolute Gasteiger partial charge is 0.463 e. The van der Waals surface area contributed by atoms with Crippen LogP contribution in [0, 0.1) is 0 Å². The highest BCUT2D eigenvalue weighted by Crippen LogP contribution is 2.37. The number of hydrogen-bond donors (Lipinski definition) is 0. The van der Waals surface area contributed by atoms with E-state index in [2.05, 4.69) is 0 Å². The van der Waals surface area contributed by atoms with E-state index in [9.17, 15) is 9.59 Å². The van der Waals surface area contributed by atoms with Crippen LogP contribution in [0.5, 0.6) is 0 Å². The normalized spacial score (nSPS) is 24.3. The SMILES string of the molecule is CO[C@H]1O[C@H](CO[C@H]2O[C@H](COC(C)=O)[C@@H](OCc3ccccc3)[C@H](OC(C)=O)[C@H]2O[C@@H](CSc2ccccc2)c2ccccc2)[C@@H](OCc2ccccc2)[C@H](OCc2ccccc2)[C@H]1OCc1ccccc1. The van der Waals surface area contributed by atoms with Gasteiger partial charge < -0.3 is 52.1 Å². The number of esters is 2. The summed E-state index contributed by atoms with van der Waals surface area (Å²) in [4.78, 5) is 26.8. The maximum atomic E-state index is 13.3. The molecule has 0 unspecified atom stereocenters. The molecule has 0 aromatic heterocycles. The van der Waals surface area contributed by atoms with Gasteiger partial charge in [-0.15, -0.1) is 11.8 Å². The lowest BCUT2D eigenvalue weighted by Gasteiger charge is -2.48. The molecule has 0 saturated carbocycles. The molecule has 0 aliphatic carbocycles. The minimum atomic E-state index is -1.26. The van der Waals surface area contributed by atoms with E-state index in [1.54, 1.807) is 18.9 Å². The Balaban J connectivity index is 1.16. The van der Waals surface area contributed by atoms with Gasteiger partial charge in [0.15, 0.2) is 18.7 Å². The number of hydrogen-bond acceptors (Lipinski definition) is 14. The Morgan fingerprint density at radius 3 is 1.37 bits per heavy atom. The lowest BCUT2D eigenvalue weighted by molar-refractivity contribution is -0.349. The van der Waals surface area contributed by atoms with E-state index in [-0.39, 0.29) is 39.6 Å². The fourth-order valence-electron chi connectivity index (χ4n) is 8.80. The van der Waals surface area contributed by atoms with Crippen LogP contribution < -0.4 is 0 Å². The van der Waals surface area contributed by atoms with Gasteiger partial charge in [0.2, 0.25) is 0 Å². The highest BCUT2D eigenvalue weighted by Gasteiger charge is 2.53. The first kappa shape index (κ1) is 53.5. The van der Waals surface area contributed by atoms with Gasteiger partial charge in [-0.2, -0.15) is 0 Å². The Kier molecular flexibility index (Phi) is 20.6. The molecule has 11 atom stereocenters. The average molecular weight is 1010 g/mol. The van der Waals surface area contributed by atoms with E-state index in [1.807, 2.05) is 182 Å². The molecule has 14 heteroatoms. The molecule has 6 aromatic rings. The summed E-state index contributed by atoms with van der Waals surface area (Å²) < 4.78 is 73.0. The zero-order chi connectivity index (χ0) is 50.6. The molecule has 8 rings (SSSR count). The highest BCUT2D eigenvalue weighted by atomic mass is 32.2.